The van der Waals surface area contributed by atoms with E-state index in [1.165, 1.54) is 7.11 Å². The molecular formula is C14H13Cl2NO3. The third kappa shape index (κ3) is 3.68. The van der Waals surface area contributed by atoms with Crippen LogP contribution in [0.25, 0.3) is 0 Å². The summed E-state index contributed by atoms with van der Waals surface area (Å²) in [5.74, 6) is 1.01. The molecule has 4 nitrogen and oxygen atoms in total. The van der Waals surface area contributed by atoms with E-state index < -0.39 is 0 Å². The summed E-state index contributed by atoms with van der Waals surface area (Å²) in [6.07, 6.45) is 1.70. The van der Waals surface area contributed by atoms with Crippen LogP contribution in [0.3, 0.4) is 0 Å². The first-order valence-corrected chi connectivity index (χ1v) is 6.66. The maximum Gasteiger partial charge on any atom is 0.224 e. The van der Waals surface area contributed by atoms with Gasteiger partial charge in [0.1, 0.15) is 11.5 Å². The van der Waals surface area contributed by atoms with Gasteiger partial charge in [0.05, 0.1) is 31.4 Å². The molecule has 0 radical (unpaired) electrons. The number of amides is 1. The van der Waals surface area contributed by atoms with Crippen LogP contribution in [0.2, 0.25) is 10.0 Å². The third-order valence-corrected chi connectivity index (χ3v) is 3.36. The molecule has 1 aromatic carbocycles. The van der Waals surface area contributed by atoms with Gasteiger partial charge in [0, 0.05) is 11.1 Å². The Labute approximate surface area is 126 Å². The molecule has 20 heavy (non-hydrogen) atoms. The van der Waals surface area contributed by atoms with E-state index in [-0.39, 0.29) is 12.3 Å². The first-order valence-electron chi connectivity index (χ1n) is 5.91. The van der Waals surface area contributed by atoms with Crippen molar-refractivity contribution in [1.82, 2.24) is 5.32 Å². The molecule has 0 bridgehead atoms. The Morgan fingerprint density at radius 1 is 1.35 bits per heavy atom. The summed E-state index contributed by atoms with van der Waals surface area (Å²) >= 11 is 12.1. The van der Waals surface area contributed by atoms with Crippen LogP contribution in [-0.4, -0.2) is 13.0 Å². The lowest BCUT2D eigenvalue weighted by Gasteiger charge is -2.09. The number of hydrogen-bond acceptors (Lipinski definition) is 3. The monoisotopic (exact) mass is 313 g/mol. The lowest BCUT2D eigenvalue weighted by atomic mass is 10.1. The van der Waals surface area contributed by atoms with E-state index in [9.17, 15) is 4.79 Å². The molecule has 106 valence electrons. The van der Waals surface area contributed by atoms with E-state index in [1.807, 2.05) is 0 Å². The molecule has 0 aliphatic heterocycles. The lowest BCUT2D eigenvalue weighted by molar-refractivity contribution is -0.120. The molecule has 1 amide bonds. The van der Waals surface area contributed by atoms with Crippen molar-refractivity contribution in [2.24, 2.45) is 0 Å². The van der Waals surface area contributed by atoms with Crippen LogP contribution in [0.1, 0.15) is 11.3 Å². The summed E-state index contributed by atoms with van der Waals surface area (Å²) in [7, 11) is 1.51. The summed E-state index contributed by atoms with van der Waals surface area (Å²) in [5.41, 5.74) is 0.648. The smallest absolute Gasteiger partial charge is 0.224 e. The summed E-state index contributed by atoms with van der Waals surface area (Å²) in [6, 6.07) is 6.79. The van der Waals surface area contributed by atoms with Crippen LogP contribution in [0.4, 0.5) is 0 Å². The van der Waals surface area contributed by atoms with Crippen LogP contribution in [0, 0.1) is 0 Å². The van der Waals surface area contributed by atoms with Crippen LogP contribution in [-0.2, 0) is 17.8 Å². The molecule has 2 aromatic rings. The van der Waals surface area contributed by atoms with Gasteiger partial charge in [-0.1, -0.05) is 23.2 Å². The number of methoxy groups -OCH3 is 1. The number of carbonyl (C=O) groups excluding carboxylic acids is 1. The van der Waals surface area contributed by atoms with Crippen molar-refractivity contribution < 1.29 is 13.9 Å². The largest absolute Gasteiger partial charge is 0.495 e. The average molecular weight is 314 g/mol. The second kappa shape index (κ2) is 6.68. The number of furan rings is 1. The van der Waals surface area contributed by atoms with E-state index in [2.05, 4.69) is 5.32 Å². The van der Waals surface area contributed by atoms with E-state index in [4.69, 9.17) is 32.4 Å². The standard InChI is InChI=1S/C14H13Cl2NO3/c1-19-13-7-11(15)9(5-12(13)16)6-14(18)17-8-10-3-2-4-20-10/h2-5,7H,6,8H2,1H3,(H,17,18). The van der Waals surface area contributed by atoms with Gasteiger partial charge in [-0.05, 0) is 23.8 Å². The number of halogens is 2. The van der Waals surface area contributed by atoms with Gasteiger partial charge < -0.3 is 14.5 Å². The quantitative estimate of drug-likeness (QED) is 0.919. The van der Waals surface area contributed by atoms with Crippen LogP contribution in [0.5, 0.6) is 5.75 Å². The molecule has 1 N–H and O–H groups in total. The molecule has 1 aromatic heterocycles. The van der Waals surface area contributed by atoms with E-state index in [0.29, 0.717) is 33.7 Å². The van der Waals surface area contributed by atoms with Crippen molar-refractivity contribution in [3.8, 4) is 5.75 Å². The minimum atomic E-state index is -0.162. The maximum atomic E-state index is 11.8. The molecule has 1 heterocycles. The molecule has 0 saturated heterocycles. The Hall–Kier alpha value is -1.65. The molecule has 0 fully saturated rings. The van der Waals surface area contributed by atoms with E-state index >= 15 is 0 Å². The highest BCUT2D eigenvalue weighted by Gasteiger charge is 2.11. The van der Waals surface area contributed by atoms with Gasteiger partial charge in [-0.25, -0.2) is 0 Å². The number of carbonyl (C=O) groups is 1. The Kier molecular flexibility index (Phi) is 4.93. The number of nitrogens with one attached hydrogen (secondary N) is 1. The minimum absolute atomic E-state index is 0.142. The Morgan fingerprint density at radius 3 is 2.80 bits per heavy atom. The van der Waals surface area contributed by atoms with Gasteiger partial charge in [0.25, 0.3) is 0 Å². The molecular weight excluding hydrogens is 301 g/mol. The number of rotatable bonds is 5. The van der Waals surface area contributed by atoms with Crippen molar-refractivity contribution in [2.75, 3.05) is 7.11 Å². The number of hydrogen-bond donors (Lipinski definition) is 1. The van der Waals surface area contributed by atoms with Crippen LogP contribution < -0.4 is 10.1 Å². The zero-order valence-corrected chi connectivity index (χ0v) is 12.3. The summed E-state index contributed by atoms with van der Waals surface area (Å²) in [4.78, 5) is 11.8. The normalized spacial score (nSPS) is 10.3. The summed E-state index contributed by atoms with van der Waals surface area (Å²) in [5, 5.41) is 3.61. The molecule has 0 atom stereocenters. The van der Waals surface area contributed by atoms with E-state index in [1.54, 1.807) is 30.5 Å². The summed E-state index contributed by atoms with van der Waals surface area (Å²) in [6.45, 7) is 0.341. The number of ether oxygens (including phenoxy) is 1. The molecule has 0 aliphatic rings. The molecule has 0 spiro atoms. The topological polar surface area (TPSA) is 51.5 Å². The molecule has 0 unspecified atom stereocenters. The Morgan fingerprint density at radius 2 is 2.15 bits per heavy atom. The highest BCUT2D eigenvalue weighted by atomic mass is 35.5. The second-order valence-corrected chi connectivity index (χ2v) is 4.93. The van der Waals surface area contributed by atoms with Crippen molar-refractivity contribution >= 4 is 29.1 Å². The minimum Gasteiger partial charge on any atom is -0.495 e. The first-order chi connectivity index (χ1) is 9.60. The zero-order valence-electron chi connectivity index (χ0n) is 10.8. The average Bonchev–Trinajstić information content (AvgIpc) is 2.93. The number of benzene rings is 1. The van der Waals surface area contributed by atoms with Crippen molar-refractivity contribution in [1.29, 1.82) is 0 Å². The fraction of sp³-hybridized carbons (Fsp3) is 0.214. The van der Waals surface area contributed by atoms with Gasteiger partial charge in [-0.2, -0.15) is 0 Å². The third-order valence-electron chi connectivity index (χ3n) is 2.71. The lowest BCUT2D eigenvalue weighted by Crippen LogP contribution is -2.24. The van der Waals surface area contributed by atoms with Gasteiger partial charge in [0.2, 0.25) is 5.91 Å². The molecule has 6 heteroatoms. The zero-order chi connectivity index (χ0) is 14.5. The highest BCUT2D eigenvalue weighted by Crippen LogP contribution is 2.31. The van der Waals surface area contributed by atoms with Gasteiger partial charge in [-0.15, -0.1) is 0 Å². The van der Waals surface area contributed by atoms with Gasteiger partial charge in [-0.3, -0.25) is 4.79 Å². The van der Waals surface area contributed by atoms with Crippen LogP contribution in [0.15, 0.2) is 34.9 Å². The molecule has 2 rings (SSSR count). The Bertz CT molecular complexity index is 597. The maximum absolute atomic E-state index is 11.8. The summed E-state index contributed by atoms with van der Waals surface area (Å²) < 4.78 is 10.2. The van der Waals surface area contributed by atoms with Crippen molar-refractivity contribution in [2.45, 2.75) is 13.0 Å². The SMILES string of the molecule is COc1cc(Cl)c(CC(=O)NCc2ccco2)cc1Cl. The fourth-order valence-electron chi connectivity index (χ4n) is 1.70. The van der Waals surface area contributed by atoms with Crippen molar-refractivity contribution in [3.63, 3.8) is 0 Å². The second-order valence-electron chi connectivity index (χ2n) is 4.11. The predicted octanol–water partition coefficient (Wildman–Crippen LogP) is 3.45. The van der Waals surface area contributed by atoms with Gasteiger partial charge >= 0.3 is 0 Å². The predicted molar refractivity (Wildman–Crippen MR) is 77.3 cm³/mol. The van der Waals surface area contributed by atoms with E-state index in [0.717, 1.165) is 0 Å². The molecule has 0 aliphatic carbocycles. The van der Waals surface area contributed by atoms with Crippen LogP contribution >= 0.6 is 23.2 Å². The van der Waals surface area contributed by atoms with Gasteiger partial charge in [0.15, 0.2) is 0 Å². The highest BCUT2D eigenvalue weighted by molar-refractivity contribution is 6.34. The fourth-order valence-corrected chi connectivity index (χ4v) is 2.18. The molecule has 0 saturated carbocycles. The first kappa shape index (κ1) is 14.8. The Balaban J connectivity index is 1.99. The van der Waals surface area contributed by atoms with Crippen molar-refractivity contribution in [3.05, 3.63) is 51.9 Å².